The van der Waals surface area contributed by atoms with Gasteiger partial charge in [-0.25, -0.2) is 0 Å². The highest BCUT2D eigenvalue weighted by atomic mass is 15.1. The Balaban J connectivity index is 2.61. The number of rotatable bonds is 0. The Hall–Kier alpha value is -1.02. The van der Waals surface area contributed by atoms with Gasteiger partial charge in [0.2, 0.25) is 0 Å². The molecule has 2 rings (SSSR count). The molecule has 1 heterocycles. The van der Waals surface area contributed by atoms with Crippen LogP contribution < -0.4 is 10.6 Å². The van der Waals surface area contributed by atoms with Gasteiger partial charge in [-0.2, -0.15) is 0 Å². The van der Waals surface area contributed by atoms with Crippen LogP contribution in [0.2, 0.25) is 0 Å². The largest absolute Gasteiger partial charge is 0.374 e. The number of nitrogens with two attached hydrogens (primary N) is 1. The van der Waals surface area contributed by atoms with Crippen molar-refractivity contribution < 1.29 is 0 Å². The van der Waals surface area contributed by atoms with Gasteiger partial charge in [-0.05, 0) is 37.0 Å². The second-order valence-electron chi connectivity index (χ2n) is 4.26. The second-order valence-corrected chi connectivity index (χ2v) is 4.26. The Kier molecular flexibility index (Phi) is 2.23. The van der Waals surface area contributed by atoms with Crippen molar-refractivity contribution in [1.82, 2.24) is 0 Å². The number of benzene rings is 1. The minimum absolute atomic E-state index is 0.223. The fourth-order valence-electron chi connectivity index (χ4n) is 2.23. The average Bonchev–Trinajstić information content (AvgIpc) is 2.16. The SMILES string of the molecule is Cc1ccc2c(c1C)N(C)CCC2N. The highest BCUT2D eigenvalue weighted by Crippen LogP contribution is 2.35. The molecular weight excluding hydrogens is 172 g/mol. The smallest absolute Gasteiger partial charge is 0.0444 e. The zero-order valence-corrected chi connectivity index (χ0v) is 9.17. The molecule has 14 heavy (non-hydrogen) atoms. The molecule has 2 N–H and O–H groups in total. The van der Waals surface area contributed by atoms with Crippen LogP contribution in [0.1, 0.15) is 29.2 Å². The first-order valence-electron chi connectivity index (χ1n) is 5.18. The van der Waals surface area contributed by atoms with E-state index in [0.717, 1.165) is 13.0 Å². The van der Waals surface area contributed by atoms with Crippen LogP contribution in [0.25, 0.3) is 0 Å². The van der Waals surface area contributed by atoms with Crippen LogP contribution in [-0.4, -0.2) is 13.6 Å². The molecular formula is C12H18N2. The van der Waals surface area contributed by atoms with E-state index >= 15 is 0 Å². The van der Waals surface area contributed by atoms with Gasteiger partial charge < -0.3 is 10.6 Å². The lowest BCUT2D eigenvalue weighted by Gasteiger charge is -2.33. The third-order valence-electron chi connectivity index (χ3n) is 3.29. The van der Waals surface area contributed by atoms with Crippen LogP contribution in [0.3, 0.4) is 0 Å². The number of nitrogens with zero attached hydrogens (tertiary/aromatic N) is 1. The van der Waals surface area contributed by atoms with Gasteiger partial charge in [-0.1, -0.05) is 12.1 Å². The predicted molar refractivity (Wildman–Crippen MR) is 60.7 cm³/mol. The van der Waals surface area contributed by atoms with Crippen molar-refractivity contribution in [1.29, 1.82) is 0 Å². The van der Waals surface area contributed by atoms with Crippen molar-refractivity contribution in [3.63, 3.8) is 0 Å². The third-order valence-corrected chi connectivity index (χ3v) is 3.29. The summed E-state index contributed by atoms with van der Waals surface area (Å²) >= 11 is 0. The summed E-state index contributed by atoms with van der Waals surface area (Å²) in [7, 11) is 2.15. The highest BCUT2D eigenvalue weighted by molar-refractivity contribution is 5.63. The molecule has 76 valence electrons. The number of fused-ring (bicyclic) bond motifs is 1. The molecule has 0 aromatic heterocycles. The van der Waals surface area contributed by atoms with Crippen LogP contribution >= 0.6 is 0 Å². The van der Waals surface area contributed by atoms with E-state index in [0.29, 0.717) is 0 Å². The normalized spacial score (nSPS) is 20.9. The molecule has 0 aliphatic carbocycles. The van der Waals surface area contributed by atoms with Crippen molar-refractivity contribution >= 4 is 5.69 Å². The summed E-state index contributed by atoms with van der Waals surface area (Å²) in [6, 6.07) is 4.58. The van der Waals surface area contributed by atoms with E-state index in [9.17, 15) is 0 Å². The summed E-state index contributed by atoms with van der Waals surface area (Å²) in [5.74, 6) is 0. The molecule has 0 saturated carbocycles. The first kappa shape index (κ1) is 9.53. The number of hydrogen-bond acceptors (Lipinski definition) is 2. The number of anilines is 1. The molecule has 1 aliphatic rings. The van der Waals surface area contributed by atoms with Gasteiger partial charge >= 0.3 is 0 Å². The minimum Gasteiger partial charge on any atom is -0.374 e. The highest BCUT2D eigenvalue weighted by Gasteiger charge is 2.22. The minimum atomic E-state index is 0.223. The molecule has 0 radical (unpaired) electrons. The maximum Gasteiger partial charge on any atom is 0.0444 e. The zero-order valence-electron chi connectivity index (χ0n) is 9.17. The molecule has 2 heteroatoms. The van der Waals surface area contributed by atoms with E-state index in [1.165, 1.54) is 22.4 Å². The van der Waals surface area contributed by atoms with E-state index in [1.807, 2.05) is 0 Å². The molecule has 1 unspecified atom stereocenters. The maximum absolute atomic E-state index is 6.10. The van der Waals surface area contributed by atoms with E-state index in [2.05, 4.69) is 37.9 Å². The molecule has 1 aliphatic heterocycles. The number of hydrogen-bond donors (Lipinski definition) is 1. The van der Waals surface area contributed by atoms with Gasteiger partial charge in [-0.3, -0.25) is 0 Å². The van der Waals surface area contributed by atoms with Crippen molar-refractivity contribution in [2.24, 2.45) is 5.73 Å². The lowest BCUT2D eigenvalue weighted by molar-refractivity contribution is 0.612. The van der Waals surface area contributed by atoms with Gasteiger partial charge in [-0.15, -0.1) is 0 Å². The van der Waals surface area contributed by atoms with E-state index < -0.39 is 0 Å². The molecule has 1 aromatic rings. The van der Waals surface area contributed by atoms with E-state index in [-0.39, 0.29) is 6.04 Å². The van der Waals surface area contributed by atoms with Crippen molar-refractivity contribution in [3.8, 4) is 0 Å². The Labute approximate surface area is 85.7 Å². The molecule has 0 fully saturated rings. The van der Waals surface area contributed by atoms with Gasteiger partial charge in [0.1, 0.15) is 0 Å². The summed E-state index contributed by atoms with van der Waals surface area (Å²) in [5.41, 5.74) is 11.5. The first-order valence-corrected chi connectivity index (χ1v) is 5.18. The van der Waals surface area contributed by atoms with Crippen LogP contribution in [-0.2, 0) is 0 Å². The quantitative estimate of drug-likeness (QED) is 0.679. The molecule has 0 amide bonds. The molecule has 1 aromatic carbocycles. The summed E-state index contributed by atoms with van der Waals surface area (Å²) in [6.07, 6.45) is 1.06. The number of aryl methyl sites for hydroxylation is 1. The van der Waals surface area contributed by atoms with Crippen LogP contribution in [0, 0.1) is 13.8 Å². The lowest BCUT2D eigenvalue weighted by Crippen LogP contribution is -2.31. The Morgan fingerprint density at radius 3 is 2.79 bits per heavy atom. The fraction of sp³-hybridized carbons (Fsp3) is 0.500. The van der Waals surface area contributed by atoms with Crippen molar-refractivity contribution in [3.05, 3.63) is 28.8 Å². The summed E-state index contributed by atoms with van der Waals surface area (Å²) in [5, 5.41) is 0. The van der Waals surface area contributed by atoms with Gasteiger partial charge in [0.05, 0.1) is 0 Å². The molecule has 0 spiro atoms. The summed E-state index contributed by atoms with van der Waals surface area (Å²) < 4.78 is 0. The Bertz CT molecular complexity index is 358. The molecule has 1 atom stereocenters. The Morgan fingerprint density at radius 1 is 1.36 bits per heavy atom. The monoisotopic (exact) mass is 190 g/mol. The summed E-state index contributed by atoms with van der Waals surface area (Å²) in [4.78, 5) is 2.32. The van der Waals surface area contributed by atoms with Crippen molar-refractivity contribution in [2.45, 2.75) is 26.3 Å². The molecule has 2 nitrogen and oxygen atoms in total. The standard InChI is InChI=1S/C12H18N2/c1-8-4-5-10-11(13)6-7-14(3)12(10)9(8)2/h4-5,11H,6-7,13H2,1-3H3. The lowest BCUT2D eigenvalue weighted by atomic mass is 9.92. The van der Waals surface area contributed by atoms with Crippen LogP contribution in [0.5, 0.6) is 0 Å². The van der Waals surface area contributed by atoms with Gasteiger partial charge in [0.25, 0.3) is 0 Å². The zero-order chi connectivity index (χ0) is 10.3. The molecule has 0 bridgehead atoms. The van der Waals surface area contributed by atoms with Crippen molar-refractivity contribution in [2.75, 3.05) is 18.5 Å². The Morgan fingerprint density at radius 2 is 2.07 bits per heavy atom. The van der Waals surface area contributed by atoms with E-state index in [4.69, 9.17) is 5.73 Å². The third kappa shape index (κ3) is 1.30. The average molecular weight is 190 g/mol. The second kappa shape index (κ2) is 3.28. The summed E-state index contributed by atoms with van der Waals surface area (Å²) in [6.45, 7) is 5.41. The van der Waals surface area contributed by atoms with Crippen LogP contribution in [0.15, 0.2) is 12.1 Å². The van der Waals surface area contributed by atoms with E-state index in [1.54, 1.807) is 0 Å². The molecule has 0 saturated heterocycles. The fourth-order valence-corrected chi connectivity index (χ4v) is 2.23. The first-order chi connectivity index (χ1) is 6.61. The van der Waals surface area contributed by atoms with Gasteiger partial charge in [0, 0.05) is 25.3 Å². The van der Waals surface area contributed by atoms with Crippen LogP contribution in [0.4, 0.5) is 5.69 Å². The predicted octanol–water partition coefficient (Wildman–Crippen LogP) is 2.14. The topological polar surface area (TPSA) is 29.3 Å². The van der Waals surface area contributed by atoms with Gasteiger partial charge in [0.15, 0.2) is 0 Å². The maximum atomic E-state index is 6.10.